The molecule has 7 nitrogen and oxygen atoms in total. The zero-order chi connectivity index (χ0) is 19.1. The van der Waals surface area contributed by atoms with Crippen molar-refractivity contribution in [2.75, 3.05) is 20.1 Å². The predicted molar refractivity (Wildman–Crippen MR) is 102 cm³/mol. The summed E-state index contributed by atoms with van der Waals surface area (Å²) in [5, 5.41) is 7.55. The fourth-order valence-corrected chi connectivity index (χ4v) is 3.50. The summed E-state index contributed by atoms with van der Waals surface area (Å²) in [4.78, 5) is 33.8. The van der Waals surface area contributed by atoms with Gasteiger partial charge in [0.25, 0.3) is 5.91 Å². The largest absolute Gasteiger partial charge is 0.342 e. The van der Waals surface area contributed by atoms with Crippen molar-refractivity contribution in [2.24, 2.45) is 0 Å². The number of pyridine rings is 1. The molecule has 27 heavy (non-hydrogen) atoms. The zero-order valence-electron chi connectivity index (χ0n) is 15.6. The molecule has 0 bridgehead atoms. The van der Waals surface area contributed by atoms with Gasteiger partial charge in [0.2, 0.25) is 5.91 Å². The maximum Gasteiger partial charge on any atom is 0.255 e. The fraction of sp³-hybridized carbons (Fsp3) is 0.300. The topological polar surface area (TPSA) is 82.2 Å². The highest BCUT2D eigenvalue weighted by molar-refractivity contribution is 6.08. The van der Waals surface area contributed by atoms with E-state index < -0.39 is 6.04 Å². The minimum absolute atomic E-state index is 0.0424. The van der Waals surface area contributed by atoms with Crippen LogP contribution in [0, 0.1) is 6.92 Å². The lowest BCUT2D eigenvalue weighted by Gasteiger charge is -2.37. The molecular weight excluding hydrogens is 342 g/mol. The van der Waals surface area contributed by atoms with Crippen LogP contribution in [0.4, 0.5) is 0 Å². The Morgan fingerprint density at radius 3 is 2.81 bits per heavy atom. The maximum absolute atomic E-state index is 13.4. The van der Waals surface area contributed by atoms with Gasteiger partial charge in [-0.05, 0) is 32.0 Å². The van der Waals surface area contributed by atoms with E-state index in [0.29, 0.717) is 24.3 Å². The molecule has 0 aliphatic carbocycles. The third-order valence-electron chi connectivity index (χ3n) is 5.13. The van der Waals surface area contributed by atoms with Crippen LogP contribution in [0.3, 0.4) is 0 Å². The summed E-state index contributed by atoms with van der Waals surface area (Å²) in [5.74, 6) is -0.189. The van der Waals surface area contributed by atoms with Gasteiger partial charge < -0.3 is 9.80 Å². The van der Waals surface area contributed by atoms with E-state index in [1.807, 2.05) is 25.1 Å². The van der Waals surface area contributed by atoms with Gasteiger partial charge in [-0.2, -0.15) is 5.10 Å². The molecule has 0 radical (unpaired) electrons. The number of hydrogen-bond acceptors (Lipinski definition) is 4. The van der Waals surface area contributed by atoms with E-state index in [4.69, 9.17) is 0 Å². The number of nitrogens with one attached hydrogen (secondary N) is 1. The number of aromatic nitrogens is 3. The number of H-pyrrole nitrogens is 1. The van der Waals surface area contributed by atoms with E-state index in [0.717, 1.165) is 22.0 Å². The van der Waals surface area contributed by atoms with Crippen LogP contribution in [0.2, 0.25) is 0 Å². The number of amides is 2. The normalized spacial score (nSPS) is 17.6. The van der Waals surface area contributed by atoms with Gasteiger partial charge in [-0.25, -0.2) is 4.98 Å². The van der Waals surface area contributed by atoms with Crippen LogP contribution in [0.5, 0.6) is 0 Å². The van der Waals surface area contributed by atoms with E-state index >= 15 is 0 Å². The van der Waals surface area contributed by atoms with Crippen LogP contribution >= 0.6 is 0 Å². The number of fused-ring (bicyclic) bond motifs is 1. The molecule has 7 heteroatoms. The van der Waals surface area contributed by atoms with Gasteiger partial charge in [0.05, 0.1) is 23.0 Å². The van der Waals surface area contributed by atoms with E-state index in [9.17, 15) is 9.59 Å². The van der Waals surface area contributed by atoms with Gasteiger partial charge in [0.1, 0.15) is 6.04 Å². The standard InChI is InChI=1S/C20H21N5O2/c1-12-4-5-17-15(8-12)16(9-18(23-17)14-10-21-22-11-14)20(27)25-7-6-24(3)19(26)13(25)2/h4-5,8-11,13H,6-7H2,1-3H3,(H,21,22). The van der Waals surface area contributed by atoms with Crippen molar-refractivity contribution in [3.8, 4) is 11.3 Å². The summed E-state index contributed by atoms with van der Waals surface area (Å²) in [6, 6.07) is 7.18. The average Bonchev–Trinajstić information content (AvgIpc) is 3.20. The minimum atomic E-state index is -0.485. The van der Waals surface area contributed by atoms with Gasteiger partial charge in [-0.1, -0.05) is 11.6 Å². The Labute approximate surface area is 157 Å². The third kappa shape index (κ3) is 2.95. The summed E-state index contributed by atoms with van der Waals surface area (Å²) in [6.45, 7) is 4.81. The lowest BCUT2D eigenvalue weighted by Crippen LogP contribution is -2.56. The van der Waals surface area contributed by atoms with Crippen LogP contribution in [0.25, 0.3) is 22.2 Å². The molecule has 0 saturated carbocycles. The number of aryl methyl sites for hydroxylation is 1. The Morgan fingerprint density at radius 1 is 1.26 bits per heavy atom. The second-order valence-corrected chi connectivity index (χ2v) is 7.00. The highest BCUT2D eigenvalue weighted by atomic mass is 16.2. The van der Waals surface area contributed by atoms with Crippen molar-refractivity contribution >= 4 is 22.7 Å². The Kier molecular flexibility index (Phi) is 4.14. The fourth-order valence-electron chi connectivity index (χ4n) is 3.50. The quantitative estimate of drug-likeness (QED) is 0.757. The van der Waals surface area contributed by atoms with Gasteiger partial charge >= 0.3 is 0 Å². The van der Waals surface area contributed by atoms with Crippen molar-refractivity contribution in [3.05, 3.63) is 47.8 Å². The first-order chi connectivity index (χ1) is 13.0. The van der Waals surface area contributed by atoms with Crippen molar-refractivity contribution in [3.63, 3.8) is 0 Å². The lowest BCUT2D eigenvalue weighted by atomic mass is 10.0. The molecule has 4 rings (SSSR count). The zero-order valence-corrected chi connectivity index (χ0v) is 15.6. The number of rotatable bonds is 2. The predicted octanol–water partition coefficient (Wildman–Crippen LogP) is 2.24. The first-order valence-corrected chi connectivity index (χ1v) is 8.92. The number of aromatic amines is 1. The molecular formula is C20H21N5O2. The smallest absolute Gasteiger partial charge is 0.255 e. The Bertz CT molecular complexity index is 1030. The van der Waals surface area contributed by atoms with Crippen molar-refractivity contribution in [1.29, 1.82) is 0 Å². The molecule has 3 aromatic rings. The summed E-state index contributed by atoms with van der Waals surface area (Å²) in [6.07, 6.45) is 3.43. The van der Waals surface area contributed by atoms with Gasteiger partial charge in [0, 0.05) is 37.3 Å². The van der Waals surface area contributed by atoms with Crippen molar-refractivity contribution in [2.45, 2.75) is 19.9 Å². The molecule has 1 N–H and O–H groups in total. The number of carbonyl (C=O) groups excluding carboxylic acids is 2. The highest BCUT2D eigenvalue weighted by Crippen LogP contribution is 2.27. The van der Waals surface area contributed by atoms with Gasteiger partial charge in [0.15, 0.2) is 0 Å². The van der Waals surface area contributed by atoms with Crippen LogP contribution in [-0.4, -0.2) is 63.0 Å². The van der Waals surface area contributed by atoms with Gasteiger partial charge in [-0.15, -0.1) is 0 Å². The lowest BCUT2D eigenvalue weighted by molar-refractivity contribution is -0.137. The molecule has 0 spiro atoms. The van der Waals surface area contributed by atoms with Crippen LogP contribution in [0.1, 0.15) is 22.8 Å². The van der Waals surface area contributed by atoms with Crippen LogP contribution in [0.15, 0.2) is 36.7 Å². The van der Waals surface area contributed by atoms with E-state index in [1.54, 1.807) is 42.2 Å². The molecule has 3 heterocycles. The number of nitrogens with zero attached hydrogens (tertiary/aromatic N) is 4. The van der Waals surface area contributed by atoms with E-state index in [1.165, 1.54) is 0 Å². The Morgan fingerprint density at radius 2 is 2.07 bits per heavy atom. The summed E-state index contributed by atoms with van der Waals surface area (Å²) < 4.78 is 0. The molecule has 1 aliphatic heterocycles. The third-order valence-corrected chi connectivity index (χ3v) is 5.13. The minimum Gasteiger partial charge on any atom is -0.342 e. The van der Waals surface area contributed by atoms with E-state index in [-0.39, 0.29) is 11.8 Å². The number of hydrogen-bond donors (Lipinski definition) is 1. The first-order valence-electron chi connectivity index (χ1n) is 8.92. The highest BCUT2D eigenvalue weighted by Gasteiger charge is 2.33. The molecule has 2 amide bonds. The molecule has 1 atom stereocenters. The summed E-state index contributed by atoms with van der Waals surface area (Å²) >= 11 is 0. The first kappa shape index (κ1) is 17.2. The maximum atomic E-state index is 13.4. The molecule has 138 valence electrons. The molecule has 1 fully saturated rings. The molecule has 1 aromatic carbocycles. The summed E-state index contributed by atoms with van der Waals surface area (Å²) in [7, 11) is 1.77. The van der Waals surface area contributed by atoms with Crippen molar-refractivity contribution in [1.82, 2.24) is 25.0 Å². The van der Waals surface area contributed by atoms with E-state index in [2.05, 4.69) is 15.2 Å². The molecule has 2 aromatic heterocycles. The average molecular weight is 363 g/mol. The van der Waals surface area contributed by atoms with Crippen LogP contribution < -0.4 is 0 Å². The number of carbonyl (C=O) groups is 2. The second kappa shape index (κ2) is 6.50. The SMILES string of the molecule is Cc1ccc2nc(-c3cn[nH]c3)cc(C(=O)N3CCN(C)C(=O)C3C)c2c1. The Balaban J connectivity index is 1.85. The molecule has 1 aliphatic rings. The number of piperazine rings is 1. The Hall–Kier alpha value is -3.22. The van der Waals surface area contributed by atoms with Crippen molar-refractivity contribution < 1.29 is 9.59 Å². The van der Waals surface area contributed by atoms with Crippen LogP contribution in [-0.2, 0) is 4.79 Å². The number of likely N-dealkylation sites (N-methyl/N-ethyl adjacent to an activating group) is 1. The molecule has 1 saturated heterocycles. The number of benzene rings is 1. The second-order valence-electron chi connectivity index (χ2n) is 7.00. The summed E-state index contributed by atoms with van der Waals surface area (Å²) in [5.41, 5.74) is 3.85. The molecule has 1 unspecified atom stereocenters. The monoisotopic (exact) mass is 363 g/mol. The van der Waals surface area contributed by atoms with Gasteiger partial charge in [-0.3, -0.25) is 14.7 Å².